The molecule has 0 aliphatic rings. The summed E-state index contributed by atoms with van der Waals surface area (Å²) in [4.78, 5) is 24.5. The SMILES string of the molecule is COc1cc([N+](=O)[O-])cc(C=NCCCNc2ccc(C(F)(F)F)cc2[N+](=O)[O-])c1O. The third-order valence-corrected chi connectivity index (χ3v) is 4.05. The molecule has 166 valence electrons. The Bertz CT molecular complexity index is 1010. The van der Waals surface area contributed by atoms with E-state index in [9.17, 15) is 38.5 Å². The normalized spacial score (nSPS) is 11.5. The van der Waals surface area contributed by atoms with Crippen molar-refractivity contribution in [3.05, 3.63) is 61.7 Å². The number of phenolic OH excluding ortho intramolecular Hbond substituents is 1. The molecule has 10 nitrogen and oxygen atoms in total. The molecule has 0 spiro atoms. The van der Waals surface area contributed by atoms with Crippen molar-refractivity contribution in [1.29, 1.82) is 0 Å². The van der Waals surface area contributed by atoms with E-state index in [4.69, 9.17) is 4.74 Å². The topological polar surface area (TPSA) is 140 Å². The number of benzene rings is 2. The van der Waals surface area contributed by atoms with Gasteiger partial charge in [0.25, 0.3) is 11.4 Å². The molecule has 31 heavy (non-hydrogen) atoms. The Labute approximate surface area is 173 Å². The molecule has 0 aromatic heterocycles. The molecule has 0 atom stereocenters. The van der Waals surface area contributed by atoms with E-state index >= 15 is 0 Å². The van der Waals surface area contributed by atoms with Gasteiger partial charge in [0.05, 0.1) is 28.6 Å². The third kappa shape index (κ3) is 6.04. The molecular weight excluding hydrogens is 425 g/mol. The summed E-state index contributed by atoms with van der Waals surface area (Å²) in [6, 6.07) is 4.36. The van der Waals surface area contributed by atoms with Crippen LogP contribution in [0.5, 0.6) is 11.5 Å². The number of halogens is 3. The molecule has 0 fully saturated rings. The molecule has 2 aromatic carbocycles. The maximum Gasteiger partial charge on any atom is 0.416 e. The Morgan fingerprint density at radius 3 is 2.48 bits per heavy atom. The number of phenols is 1. The maximum absolute atomic E-state index is 12.7. The monoisotopic (exact) mass is 442 g/mol. The first-order valence-electron chi connectivity index (χ1n) is 8.69. The van der Waals surface area contributed by atoms with Crippen LogP contribution < -0.4 is 10.1 Å². The standard InChI is InChI=1S/C18H17F3N4O6/c1-31-16-9-13(24(27)28)7-11(17(16)26)10-22-5-2-6-23-14-4-3-12(18(19,20)21)8-15(14)25(29)30/h3-4,7-10,23,26H,2,5-6H2,1H3. The Kier molecular flexibility index (Phi) is 7.34. The van der Waals surface area contributed by atoms with Crippen LogP contribution in [0.1, 0.15) is 17.5 Å². The number of aliphatic imine (C=N–C) groups is 1. The number of rotatable bonds is 9. The molecule has 0 aliphatic heterocycles. The maximum atomic E-state index is 12.7. The van der Waals surface area contributed by atoms with Gasteiger partial charge in [-0.1, -0.05) is 0 Å². The fourth-order valence-electron chi connectivity index (χ4n) is 2.54. The van der Waals surface area contributed by atoms with Crippen LogP contribution in [-0.2, 0) is 6.18 Å². The molecule has 0 radical (unpaired) electrons. The molecule has 0 unspecified atom stereocenters. The number of methoxy groups -OCH3 is 1. The van der Waals surface area contributed by atoms with Gasteiger partial charge in [-0.2, -0.15) is 13.2 Å². The number of nitrogens with zero attached hydrogens (tertiary/aromatic N) is 3. The van der Waals surface area contributed by atoms with Gasteiger partial charge in [0.15, 0.2) is 11.5 Å². The Morgan fingerprint density at radius 2 is 1.90 bits per heavy atom. The zero-order chi connectivity index (χ0) is 23.2. The highest BCUT2D eigenvalue weighted by atomic mass is 19.4. The lowest BCUT2D eigenvalue weighted by molar-refractivity contribution is -0.385. The lowest BCUT2D eigenvalue weighted by Crippen LogP contribution is -2.09. The van der Waals surface area contributed by atoms with Crippen LogP contribution >= 0.6 is 0 Å². The number of non-ortho nitro benzene ring substituents is 1. The van der Waals surface area contributed by atoms with Crippen LogP contribution in [0.25, 0.3) is 0 Å². The third-order valence-electron chi connectivity index (χ3n) is 4.05. The minimum Gasteiger partial charge on any atom is -0.504 e. The average molecular weight is 442 g/mol. The second-order valence-corrected chi connectivity index (χ2v) is 6.15. The number of hydrogen-bond donors (Lipinski definition) is 2. The van der Waals surface area contributed by atoms with Crippen LogP contribution in [-0.4, -0.2) is 41.4 Å². The highest BCUT2D eigenvalue weighted by molar-refractivity contribution is 5.86. The number of nitro benzene ring substituents is 2. The smallest absolute Gasteiger partial charge is 0.416 e. The lowest BCUT2D eigenvalue weighted by atomic mass is 10.1. The van der Waals surface area contributed by atoms with Crippen molar-refractivity contribution >= 4 is 23.3 Å². The van der Waals surface area contributed by atoms with Crippen LogP contribution in [0, 0.1) is 20.2 Å². The summed E-state index contributed by atoms with van der Waals surface area (Å²) in [5.74, 6) is -0.415. The van der Waals surface area contributed by atoms with E-state index in [1.54, 1.807) is 0 Å². The number of nitrogens with one attached hydrogen (secondary N) is 1. The Balaban J connectivity index is 2.00. The van der Waals surface area contributed by atoms with Crippen molar-refractivity contribution < 1.29 is 32.9 Å². The summed E-state index contributed by atoms with van der Waals surface area (Å²) in [6.07, 6.45) is -3.15. The summed E-state index contributed by atoms with van der Waals surface area (Å²) in [7, 11) is 1.24. The molecule has 2 aromatic rings. The molecular formula is C18H17F3N4O6. The first kappa shape index (κ1) is 23.4. The summed E-state index contributed by atoms with van der Waals surface area (Å²) < 4.78 is 43.0. The molecule has 0 amide bonds. The van der Waals surface area contributed by atoms with Gasteiger partial charge in [-0.05, 0) is 18.6 Å². The van der Waals surface area contributed by atoms with E-state index in [1.807, 2.05) is 0 Å². The van der Waals surface area contributed by atoms with E-state index in [2.05, 4.69) is 10.3 Å². The summed E-state index contributed by atoms with van der Waals surface area (Å²) in [6.45, 7) is 0.333. The van der Waals surface area contributed by atoms with E-state index in [-0.39, 0.29) is 41.5 Å². The largest absolute Gasteiger partial charge is 0.504 e. The molecule has 13 heteroatoms. The number of nitro groups is 2. The first-order chi connectivity index (χ1) is 14.5. The highest BCUT2D eigenvalue weighted by Gasteiger charge is 2.33. The van der Waals surface area contributed by atoms with Gasteiger partial charge in [0, 0.05) is 37.0 Å². The van der Waals surface area contributed by atoms with Crippen molar-refractivity contribution in [3.63, 3.8) is 0 Å². The molecule has 0 saturated carbocycles. The second-order valence-electron chi connectivity index (χ2n) is 6.15. The average Bonchev–Trinajstić information content (AvgIpc) is 2.70. The van der Waals surface area contributed by atoms with Crippen LogP contribution in [0.15, 0.2) is 35.3 Å². The van der Waals surface area contributed by atoms with Crippen molar-refractivity contribution in [3.8, 4) is 11.5 Å². The minimum atomic E-state index is -4.70. The minimum absolute atomic E-state index is 0.0666. The first-order valence-corrected chi connectivity index (χ1v) is 8.69. The molecule has 2 N–H and O–H groups in total. The number of hydrogen-bond acceptors (Lipinski definition) is 8. The van der Waals surface area contributed by atoms with Crippen molar-refractivity contribution in [2.45, 2.75) is 12.6 Å². The number of aromatic hydroxyl groups is 1. The van der Waals surface area contributed by atoms with Gasteiger partial charge in [-0.15, -0.1) is 0 Å². The van der Waals surface area contributed by atoms with Crippen molar-refractivity contribution in [1.82, 2.24) is 0 Å². The van der Waals surface area contributed by atoms with Crippen LogP contribution in [0.4, 0.5) is 30.2 Å². The van der Waals surface area contributed by atoms with Gasteiger partial charge >= 0.3 is 6.18 Å². The summed E-state index contributed by atoms with van der Waals surface area (Å²) in [5, 5.41) is 34.7. The highest BCUT2D eigenvalue weighted by Crippen LogP contribution is 2.35. The van der Waals surface area contributed by atoms with Crippen LogP contribution in [0.2, 0.25) is 0 Å². The number of alkyl halides is 3. The van der Waals surface area contributed by atoms with Gasteiger partial charge in [-0.3, -0.25) is 25.2 Å². The Hall–Kier alpha value is -3.90. The van der Waals surface area contributed by atoms with Gasteiger partial charge in [-0.25, -0.2) is 0 Å². The fraction of sp³-hybridized carbons (Fsp3) is 0.278. The van der Waals surface area contributed by atoms with Crippen LogP contribution in [0.3, 0.4) is 0 Å². The molecule has 0 bridgehead atoms. The van der Waals surface area contributed by atoms with E-state index in [0.29, 0.717) is 12.5 Å². The Morgan fingerprint density at radius 1 is 1.19 bits per heavy atom. The summed E-state index contributed by atoms with van der Waals surface area (Å²) >= 11 is 0. The van der Waals surface area contributed by atoms with Gasteiger partial charge in [0.1, 0.15) is 5.69 Å². The zero-order valence-corrected chi connectivity index (χ0v) is 16.0. The predicted octanol–water partition coefficient (Wildman–Crippen LogP) is 4.16. The lowest BCUT2D eigenvalue weighted by Gasteiger charge is -2.10. The molecule has 0 saturated heterocycles. The molecule has 0 heterocycles. The number of ether oxygens (including phenoxy) is 1. The number of anilines is 1. The van der Waals surface area contributed by atoms with E-state index in [0.717, 1.165) is 24.3 Å². The van der Waals surface area contributed by atoms with Gasteiger partial charge < -0.3 is 15.2 Å². The van der Waals surface area contributed by atoms with Crippen molar-refractivity contribution in [2.24, 2.45) is 4.99 Å². The second kappa shape index (κ2) is 9.73. The quantitative estimate of drug-likeness (QED) is 0.257. The summed E-state index contributed by atoms with van der Waals surface area (Å²) in [5.41, 5.74) is -2.12. The molecule has 0 aliphatic carbocycles. The van der Waals surface area contributed by atoms with E-state index in [1.165, 1.54) is 13.3 Å². The van der Waals surface area contributed by atoms with Gasteiger partial charge in [0.2, 0.25) is 0 Å². The van der Waals surface area contributed by atoms with Crippen molar-refractivity contribution in [2.75, 3.05) is 25.5 Å². The fourth-order valence-corrected chi connectivity index (χ4v) is 2.54. The zero-order valence-electron chi connectivity index (χ0n) is 16.0. The predicted molar refractivity (Wildman–Crippen MR) is 105 cm³/mol. The van der Waals surface area contributed by atoms with E-state index < -0.39 is 27.3 Å². The molecule has 2 rings (SSSR count).